The van der Waals surface area contributed by atoms with Gasteiger partial charge in [-0.3, -0.25) is 9.69 Å². The SMILES string of the molecule is C[C@H]1CC(=O)CC2=CCN(Cc3ccccc3)C[C@@H]21. The lowest BCUT2D eigenvalue weighted by Crippen LogP contribution is -2.40. The van der Waals surface area contributed by atoms with Crippen molar-refractivity contribution in [2.24, 2.45) is 11.8 Å². The van der Waals surface area contributed by atoms with Crippen LogP contribution in [-0.4, -0.2) is 23.8 Å². The van der Waals surface area contributed by atoms with Crippen LogP contribution in [0.3, 0.4) is 0 Å². The number of Topliss-reactive ketones (excluding diaryl/α,β-unsaturated/α-hetero) is 1. The molecule has 0 radical (unpaired) electrons. The van der Waals surface area contributed by atoms with E-state index in [2.05, 4.69) is 48.2 Å². The molecule has 0 unspecified atom stereocenters. The summed E-state index contributed by atoms with van der Waals surface area (Å²) in [5, 5.41) is 0. The van der Waals surface area contributed by atoms with Crippen LogP contribution in [-0.2, 0) is 11.3 Å². The first kappa shape index (κ1) is 12.6. The zero-order valence-corrected chi connectivity index (χ0v) is 11.5. The van der Waals surface area contributed by atoms with Gasteiger partial charge in [0.05, 0.1) is 0 Å². The van der Waals surface area contributed by atoms with E-state index in [0.29, 0.717) is 24.0 Å². The number of benzene rings is 1. The summed E-state index contributed by atoms with van der Waals surface area (Å²) in [7, 11) is 0. The standard InChI is InChI=1S/C17H21NO/c1-13-9-16(19)10-15-7-8-18(12-17(13)15)11-14-5-3-2-4-6-14/h2-7,13,17H,8-12H2,1H3/t13-,17+/m0/s1. The lowest BCUT2D eigenvalue weighted by Gasteiger charge is -2.38. The van der Waals surface area contributed by atoms with Crippen molar-refractivity contribution in [2.75, 3.05) is 13.1 Å². The Labute approximate surface area is 115 Å². The average molecular weight is 255 g/mol. The predicted octanol–water partition coefficient (Wildman–Crippen LogP) is 3.04. The van der Waals surface area contributed by atoms with Crippen LogP contribution in [0.25, 0.3) is 0 Å². The fourth-order valence-electron chi connectivity index (χ4n) is 3.39. The number of hydrogen-bond acceptors (Lipinski definition) is 2. The third-order valence-corrected chi connectivity index (χ3v) is 4.43. The van der Waals surface area contributed by atoms with Crippen molar-refractivity contribution in [3.05, 3.63) is 47.5 Å². The second kappa shape index (κ2) is 5.30. The van der Waals surface area contributed by atoms with Crippen LogP contribution in [0.15, 0.2) is 42.0 Å². The number of carbonyl (C=O) groups excluding carboxylic acids is 1. The number of nitrogens with zero attached hydrogens (tertiary/aromatic N) is 1. The predicted molar refractivity (Wildman–Crippen MR) is 76.7 cm³/mol. The monoisotopic (exact) mass is 255 g/mol. The highest BCUT2D eigenvalue weighted by molar-refractivity contribution is 5.82. The number of carbonyl (C=O) groups is 1. The molecule has 2 atom stereocenters. The number of hydrogen-bond donors (Lipinski definition) is 0. The molecule has 1 aliphatic carbocycles. The van der Waals surface area contributed by atoms with Crippen molar-refractivity contribution in [1.29, 1.82) is 0 Å². The highest BCUT2D eigenvalue weighted by atomic mass is 16.1. The summed E-state index contributed by atoms with van der Waals surface area (Å²) in [6.07, 6.45) is 3.76. The molecule has 0 bridgehead atoms. The number of ketones is 1. The summed E-state index contributed by atoms with van der Waals surface area (Å²) in [5.74, 6) is 1.52. The lowest BCUT2D eigenvalue weighted by atomic mass is 9.74. The molecule has 1 heterocycles. The largest absolute Gasteiger partial charge is 0.299 e. The summed E-state index contributed by atoms with van der Waals surface area (Å²) < 4.78 is 0. The van der Waals surface area contributed by atoms with E-state index >= 15 is 0 Å². The fourth-order valence-corrected chi connectivity index (χ4v) is 3.39. The van der Waals surface area contributed by atoms with Gasteiger partial charge in [0.2, 0.25) is 0 Å². The second-order valence-electron chi connectivity index (χ2n) is 5.96. The molecule has 3 rings (SSSR count). The van der Waals surface area contributed by atoms with Crippen LogP contribution < -0.4 is 0 Å². The van der Waals surface area contributed by atoms with E-state index in [-0.39, 0.29) is 0 Å². The molecule has 0 spiro atoms. The van der Waals surface area contributed by atoms with Crippen LogP contribution in [0.5, 0.6) is 0 Å². The highest BCUT2D eigenvalue weighted by Crippen LogP contribution is 2.35. The normalized spacial score (nSPS) is 27.8. The first-order valence-corrected chi connectivity index (χ1v) is 7.19. The smallest absolute Gasteiger partial charge is 0.137 e. The van der Waals surface area contributed by atoms with Crippen molar-refractivity contribution in [2.45, 2.75) is 26.3 Å². The van der Waals surface area contributed by atoms with Gasteiger partial charge in [-0.1, -0.05) is 48.9 Å². The maximum Gasteiger partial charge on any atom is 0.137 e. The first-order valence-electron chi connectivity index (χ1n) is 7.19. The Morgan fingerprint density at radius 3 is 2.84 bits per heavy atom. The van der Waals surface area contributed by atoms with Crippen LogP contribution in [0.2, 0.25) is 0 Å². The van der Waals surface area contributed by atoms with Gasteiger partial charge in [0.25, 0.3) is 0 Å². The van der Waals surface area contributed by atoms with E-state index < -0.39 is 0 Å². The molecule has 2 aliphatic rings. The average Bonchev–Trinajstić information content (AvgIpc) is 2.40. The van der Waals surface area contributed by atoms with E-state index in [9.17, 15) is 4.79 Å². The molecule has 0 amide bonds. The molecular formula is C17H21NO. The third-order valence-electron chi connectivity index (χ3n) is 4.43. The molecule has 1 fully saturated rings. The molecule has 19 heavy (non-hydrogen) atoms. The van der Waals surface area contributed by atoms with Crippen LogP contribution in [0, 0.1) is 11.8 Å². The molecule has 0 saturated heterocycles. The van der Waals surface area contributed by atoms with Crippen molar-refractivity contribution >= 4 is 5.78 Å². The molecule has 100 valence electrons. The molecule has 1 aromatic rings. The van der Waals surface area contributed by atoms with Gasteiger partial charge < -0.3 is 0 Å². The quantitative estimate of drug-likeness (QED) is 0.757. The topological polar surface area (TPSA) is 20.3 Å². The number of fused-ring (bicyclic) bond motifs is 1. The molecule has 2 heteroatoms. The Morgan fingerprint density at radius 2 is 2.05 bits per heavy atom. The van der Waals surface area contributed by atoms with Crippen molar-refractivity contribution in [1.82, 2.24) is 4.90 Å². The third kappa shape index (κ3) is 2.79. The van der Waals surface area contributed by atoms with Gasteiger partial charge in [-0.05, 0) is 17.4 Å². The summed E-state index contributed by atoms with van der Waals surface area (Å²) in [5.41, 5.74) is 2.77. The van der Waals surface area contributed by atoms with E-state index in [1.807, 2.05) is 0 Å². The lowest BCUT2D eigenvalue weighted by molar-refractivity contribution is -0.121. The Kier molecular flexibility index (Phi) is 3.52. The first-order chi connectivity index (χ1) is 9.22. The van der Waals surface area contributed by atoms with Gasteiger partial charge >= 0.3 is 0 Å². The second-order valence-corrected chi connectivity index (χ2v) is 5.96. The zero-order chi connectivity index (χ0) is 13.2. The van der Waals surface area contributed by atoms with Gasteiger partial charge in [-0.2, -0.15) is 0 Å². The zero-order valence-electron chi connectivity index (χ0n) is 11.5. The van der Waals surface area contributed by atoms with Gasteiger partial charge in [-0.15, -0.1) is 0 Å². The molecule has 1 aliphatic heterocycles. The summed E-state index contributed by atoms with van der Waals surface area (Å²) in [4.78, 5) is 14.1. The molecule has 2 nitrogen and oxygen atoms in total. The Bertz CT molecular complexity index is 491. The van der Waals surface area contributed by atoms with Gasteiger partial charge in [0, 0.05) is 32.5 Å². The molecule has 0 aromatic heterocycles. The van der Waals surface area contributed by atoms with Crippen molar-refractivity contribution < 1.29 is 4.79 Å². The molecule has 0 N–H and O–H groups in total. The maximum atomic E-state index is 11.6. The Balaban J connectivity index is 1.70. The van der Waals surface area contributed by atoms with Crippen molar-refractivity contribution in [3.8, 4) is 0 Å². The minimum atomic E-state index is 0.423. The summed E-state index contributed by atoms with van der Waals surface area (Å²) in [6, 6.07) is 10.6. The van der Waals surface area contributed by atoms with Gasteiger partial charge in [-0.25, -0.2) is 0 Å². The highest BCUT2D eigenvalue weighted by Gasteiger charge is 2.33. The Hall–Kier alpha value is -1.41. The van der Waals surface area contributed by atoms with Gasteiger partial charge in [0.15, 0.2) is 0 Å². The minimum absolute atomic E-state index is 0.423. The summed E-state index contributed by atoms with van der Waals surface area (Å²) >= 11 is 0. The van der Waals surface area contributed by atoms with E-state index in [1.54, 1.807) is 0 Å². The number of rotatable bonds is 2. The summed E-state index contributed by atoms with van der Waals surface area (Å²) in [6.45, 7) is 5.33. The van der Waals surface area contributed by atoms with Crippen LogP contribution >= 0.6 is 0 Å². The van der Waals surface area contributed by atoms with E-state index in [4.69, 9.17) is 0 Å². The van der Waals surface area contributed by atoms with Gasteiger partial charge in [0.1, 0.15) is 5.78 Å². The van der Waals surface area contributed by atoms with E-state index in [0.717, 1.165) is 26.1 Å². The molecule has 1 saturated carbocycles. The van der Waals surface area contributed by atoms with Crippen LogP contribution in [0.1, 0.15) is 25.3 Å². The maximum absolute atomic E-state index is 11.6. The fraction of sp³-hybridized carbons (Fsp3) is 0.471. The molecular weight excluding hydrogens is 234 g/mol. The van der Waals surface area contributed by atoms with Crippen LogP contribution in [0.4, 0.5) is 0 Å². The van der Waals surface area contributed by atoms with E-state index in [1.165, 1.54) is 11.1 Å². The molecule has 1 aromatic carbocycles. The minimum Gasteiger partial charge on any atom is -0.299 e. The Morgan fingerprint density at radius 1 is 1.26 bits per heavy atom. The van der Waals surface area contributed by atoms with Crippen molar-refractivity contribution in [3.63, 3.8) is 0 Å².